The number of carbonyl (C=O) groups is 1. The van der Waals surface area contributed by atoms with Crippen LogP contribution >= 0.6 is 15.9 Å². The molecule has 1 aromatic carbocycles. The van der Waals surface area contributed by atoms with E-state index in [1.54, 1.807) is 6.92 Å². The first-order chi connectivity index (χ1) is 9.33. The van der Waals surface area contributed by atoms with Crippen molar-refractivity contribution in [2.75, 3.05) is 6.54 Å². The first kappa shape index (κ1) is 15.1. The average molecular weight is 339 g/mol. The van der Waals surface area contributed by atoms with Crippen LogP contribution in [0.2, 0.25) is 0 Å². The van der Waals surface area contributed by atoms with Gasteiger partial charge in [0, 0.05) is 9.86 Å². The maximum atomic E-state index is 11.9. The number of amides is 1. The average Bonchev–Trinajstić information content (AvgIpc) is 2.78. The Hall–Kier alpha value is -1.33. The van der Waals surface area contributed by atoms with Crippen molar-refractivity contribution in [1.29, 1.82) is 0 Å². The van der Waals surface area contributed by atoms with E-state index < -0.39 is 11.4 Å². The minimum atomic E-state index is -1.00. The molecular formula is C15H19BrN2O2. The lowest BCUT2D eigenvalue weighted by molar-refractivity contribution is -0.124. The summed E-state index contributed by atoms with van der Waals surface area (Å²) < 4.78 is 6.76. The number of halogens is 1. The summed E-state index contributed by atoms with van der Waals surface area (Å²) in [5, 5.41) is 4.15. The smallest absolute Gasteiger partial charge is 0.245 e. The number of rotatable bonds is 5. The molecule has 0 aliphatic heterocycles. The van der Waals surface area contributed by atoms with Gasteiger partial charge in [0.05, 0.1) is 0 Å². The summed E-state index contributed by atoms with van der Waals surface area (Å²) in [6.07, 6.45) is 0. The summed E-state index contributed by atoms with van der Waals surface area (Å²) in [6, 6.07) is 7.58. The molecule has 0 aliphatic rings. The summed E-state index contributed by atoms with van der Waals surface area (Å²) in [4.78, 5) is 11.9. The zero-order valence-electron chi connectivity index (χ0n) is 11.9. The third-order valence-electron chi connectivity index (χ3n) is 3.33. The molecule has 0 fully saturated rings. The van der Waals surface area contributed by atoms with E-state index in [4.69, 9.17) is 10.2 Å². The maximum Gasteiger partial charge on any atom is 0.245 e. The van der Waals surface area contributed by atoms with E-state index in [0.717, 1.165) is 15.4 Å². The van der Waals surface area contributed by atoms with Gasteiger partial charge >= 0.3 is 0 Å². The van der Waals surface area contributed by atoms with Crippen LogP contribution < -0.4 is 11.1 Å². The topological polar surface area (TPSA) is 68.3 Å². The van der Waals surface area contributed by atoms with E-state index in [2.05, 4.69) is 35.1 Å². The highest BCUT2D eigenvalue weighted by atomic mass is 79.9. The Bertz CT molecular complexity index is 636. The second-order valence-electron chi connectivity index (χ2n) is 5.56. The van der Waals surface area contributed by atoms with Gasteiger partial charge in [0.2, 0.25) is 5.91 Å². The molecule has 1 aromatic heterocycles. The molecule has 1 unspecified atom stereocenters. The Labute approximate surface area is 126 Å². The van der Waals surface area contributed by atoms with Crippen LogP contribution in [-0.2, 0) is 10.3 Å². The lowest BCUT2D eigenvalue weighted by Crippen LogP contribution is -2.51. The number of primary amides is 1. The minimum absolute atomic E-state index is 0.409. The van der Waals surface area contributed by atoms with E-state index in [1.165, 1.54) is 0 Å². The standard InChI is InChI=1S/C15H19BrN2O2/c1-9(2)8-18-15(3,14(17)19)13-7-10-6-11(16)4-5-12(10)20-13/h4-7,9,18H,8H2,1-3H3,(H2,17,19). The van der Waals surface area contributed by atoms with Crippen LogP contribution in [0.5, 0.6) is 0 Å². The van der Waals surface area contributed by atoms with Crippen molar-refractivity contribution in [2.24, 2.45) is 11.7 Å². The molecule has 1 heterocycles. The van der Waals surface area contributed by atoms with Crippen LogP contribution in [0.1, 0.15) is 26.5 Å². The molecule has 3 N–H and O–H groups in total. The highest BCUT2D eigenvalue weighted by molar-refractivity contribution is 9.10. The molecule has 0 aliphatic carbocycles. The van der Waals surface area contributed by atoms with Crippen LogP contribution in [0.3, 0.4) is 0 Å². The molecule has 2 aromatic rings. The van der Waals surface area contributed by atoms with Gasteiger partial charge in [-0.15, -0.1) is 0 Å². The molecular weight excluding hydrogens is 320 g/mol. The quantitative estimate of drug-likeness (QED) is 0.879. The van der Waals surface area contributed by atoms with Crippen molar-refractivity contribution in [3.8, 4) is 0 Å². The number of nitrogens with two attached hydrogens (primary N) is 1. The fourth-order valence-corrected chi connectivity index (χ4v) is 2.34. The minimum Gasteiger partial charge on any atom is -0.459 e. The van der Waals surface area contributed by atoms with Crippen LogP contribution in [0.4, 0.5) is 0 Å². The van der Waals surface area contributed by atoms with Gasteiger partial charge in [-0.25, -0.2) is 0 Å². The SMILES string of the molecule is CC(C)CNC(C)(C(N)=O)c1cc2cc(Br)ccc2o1. The Morgan fingerprint density at radius 2 is 2.15 bits per heavy atom. The normalized spacial score (nSPS) is 14.7. The number of hydrogen-bond donors (Lipinski definition) is 2. The molecule has 0 radical (unpaired) electrons. The zero-order valence-corrected chi connectivity index (χ0v) is 13.5. The first-order valence-electron chi connectivity index (χ1n) is 6.57. The Morgan fingerprint density at radius 3 is 2.75 bits per heavy atom. The largest absolute Gasteiger partial charge is 0.459 e. The number of furan rings is 1. The van der Waals surface area contributed by atoms with Crippen molar-refractivity contribution >= 4 is 32.8 Å². The molecule has 0 bridgehead atoms. The summed E-state index contributed by atoms with van der Waals surface area (Å²) in [7, 11) is 0. The second kappa shape index (κ2) is 5.58. The van der Waals surface area contributed by atoms with E-state index in [-0.39, 0.29) is 0 Å². The van der Waals surface area contributed by atoms with Gasteiger partial charge in [0.25, 0.3) is 0 Å². The van der Waals surface area contributed by atoms with Gasteiger partial charge in [-0.1, -0.05) is 29.8 Å². The van der Waals surface area contributed by atoms with Crippen LogP contribution in [0.15, 0.2) is 33.2 Å². The molecule has 0 saturated carbocycles. The molecule has 108 valence electrons. The lowest BCUT2D eigenvalue weighted by Gasteiger charge is -2.26. The van der Waals surface area contributed by atoms with Gasteiger partial charge in [-0.05, 0) is 43.7 Å². The van der Waals surface area contributed by atoms with E-state index in [1.807, 2.05) is 24.3 Å². The van der Waals surface area contributed by atoms with Gasteiger partial charge in [-0.2, -0.15) is 0 Å². The Balaban J connectivity index is 2.43. The van der Waals surface area contributed by atoms with E-state index in [9.17, 15) is 4.79 Å². The zero-order chi connectivity index (χ0) is 14.9. The van der Waals surface area contributed by atoms with Crippen molar-refractivity contribution in [3.05, 3.63) is 34.5 Å². The number of nitrogens with one attached hydrogen (secondary N) is 1. The summed E-state index contributed by atoms with van der Waals surface area (Å²) in [6.45, 7) is 6.58. The third-order valence-corrected chi connectivity index (χ3v) is 3.82. The molecule has 1 atom stereocenters. The molecule has 0 spiro atoms. The Kier molecular flexibility index (Phi) is 4.20. The predicted octanol–water partition coefficient (Wildman–Crippen LogP) is 3.14. The second-order valence-corrected chi connectivity index (χ2v) is 6.47. The summed E-state index contributed by atoms with van der Waals surface area (Å²) >= 11 is 3.42. The van der Waals surface area contributed by atoms with Crippen molar-refractivity contribution in [1.82, 2.24) is 5.32 Å². The molecule has 1 amide bonds. The van der Waals surface area contributed by atoms with Crippen LogP contribution in [-0.4, -0.2) is 12.5 Å². The third kappa shape index (κ3) is 2.88. The van der Waals surface area contributed by atoms with Crippen LogP contribution in [0.25, 0.3) is 11.0 Å². The van der Waals surface area contributed by atoms with Crippen molar-refractivity contribution < 1.29 is 9.21 Å². The maximum absolute atomic E-state index is 11.9. The highest BCUT2D eigenvalue weighted by Crippen LogP contribution is 2.29. The fourth-order valence-electron chi connectivity index (χ4n) is 1.96. The number of fused-ring (bicyclic) bond motifs is 1. The number of hydrogen-bond acceptors (Lipinski definition) is 3. The van der Waals surface area contributed by atoms with Crippen molar-refractivity contribution in [2.45, 2.75) is 26.3 Å². The van der Waals surface area contributed by atoms with Gasteiger partial charge in [0.1, 0.15) is 11.3 Å². The molecule has 2 rings (SSSR count). The van der Waals surface area contributed by atoms with E-state index >= 15 is 0 Å². The molecule has 5 heteroatoms. The first-order valence-corrected chi connectivity index (χ1v) is 7.36. The number of carbonyl (C=O) groups excluding carboxylic acids is 1. The predicted molar refractivity (Wildman–Crippen MR) is 83.3 cm³/mol. The molecule has 0 saturated heterocycles. The van der Waals surface area contributed by atoms with Gasteiger partial charge in [-0.3, -0.25) is 10.1 Å². The monoisotopic (exact) mass is 338 g/mol. The number of benzene rings is 1. The fraction of sp³-hybridized carbons (Fsp3) is 0.400. The van der Waals surface area contributed by atoms with Gasteiger partial charge < -0.3 is 10.2 Å². The highest BCUT2D eigenvalue weighted by Gasteiger charge is 2.36. The summed E-state index contributed by atoms with van der Waals surface area (Å²) in [5.41, 5.74) is 5.30. The van der Waals surface area contributed by atoms with Gasteiger partial charge in [0.15, 0.2) is 5.54 Å². The van der Waals surface area contributed by atoms with E-state index in [0.29, 0.717) is 18.2 Å². The molecule has 4 nitrogen and oxygen atoms in total. The molecule has 20 heavy (non-hydrogen) atoms. The van der Waals surface area contributed by atoms with Crippen molar-refractivity contribution in [3.63, 3.8) is 0 Å². The summed E-state index contributed by atoms with van der Waals surface area (Å²) in [5.74, 6) is 0.502. The lowest BCUT2D eigenvalue weighted by atomic mass is 9.97. The Morgan fingerprint density at radius 1 is 1.45 bits per heavy atom. The van der Waals surface area contributed by atoms with Crippen LogP contribution in [0, 0.1) is 5.92 Å².